The Kier molecular flexibility index (Phi) is 3.56. The number of hydrogen-bond acceptors (Lipinski definition) is 2. The molecule has 2 N–H and O–H groups in total. The Labute approximate surface area is 102 Å². The second-order valence-electron chi connectivity index (χ2n) is 2.91. The van der Waals surface area contributed by atoms with Crippen LogP contribution >= 0.6 is 22.6 Å². The van der Waals surface area contributed by atoms with Crippen molar-refractivity contribution in [2.24, 2.45) is 5.73 Å². The van der Waals surface area contributed by atoms with E-state index in [4.69, 9.17) is 5.73 Å². The summed E-state index contributed by atoms with van der Waals surface area (Å²) in [6, 6.07) is 1.72. The molecule has 0 unspecified atom stereocenters. The molecule has 0 saturated heterocycles. The molecule has 1 amide bonds. The zero-order valence-corrected chi connectivity index (χ0v) is 9.80. The van der Waals surface area contributed by atoms with Crippen molar-refractivity contribution < 1.29 is 22.8 Å². The number of carbonyl (C=O) groups is 2. The van der Waals surface area contributed by atoms with E-state index < -0.39 is 17.6 Å². The molecule has 0 bridgehead atoms. The molecule has 0 aliphatic rings. The zero-order valence-electron chi connectivity index (χ0n) is 7.64. The number of alkyl halides is 3. The van der Waals surface area contributed by atoms with Gasteiger partial charge in [-0.05, 0) is 34.7 Å². The topological polar surface area (TPSA) is 60.2 Å². The van der Waals surface area contributed by atoms with Gasteiger partial charge in [0.15, 0.2) is 0 Å². The molecule has 0 saturated carbocycles. The number of carbonyl (C=O) groups excluding carboxylic acids is 2. The van der Waals surface area contributed by atoms with Gasteiger partial charge in [0.05, 0.1) is 11.1 Å². The van der Waals surface area contributed by atoms with Crippen LogP contribution in [0.2, 0.25) is 0 Å². The van der Waals surface area contributed by atoms with Crippen molar-refractivity contribution in [1.29, 1.82) is 0 Å². The highest BCUT2D eigenvalue weighted by Crippen LogP contribution is 2.34. The van der Waals surface area contributed by atoms with Crippen LogP contribution in [0.25, 0.3) is 0 Å². The van der Waals surface area contributed by atoms with Crippen LogP contribution in [0.15, 0.2) is 12.1 Å². The van der Waals surface area contributed by atoms with Crippen molar-refractivity contribution in [3.63, 3.8) is 0 Å². The van der Waals surface area contributed by atoms with Gasteiger partial charge < -0.3 is 5.73 Å². The Bertz CT molecular complexity index is 457. The third kappa shape index (κ3) is 2.52. The molecule has 16 heavy (non-hydrogen) atoms. The predicted molar refractivity (Wildman–Crippen MR) is 58.1 cm³/mol. The lowest BCUT2D eigenvalue weighted by molar-refractivity contribution is -0.138. The maximum atomic E-state index is 12.5. The first kappa shape index (κ1) is 12.9. The van der Waals surface area contributed by atoms with Gasteiger partial charge in [0.2, 0.25) is 5.91 Å². The summed E-state index contributed by atoms with van der Waals surface area (Å²) in [5.74, 6) is -1.00. The normalized spacial score (nSPS) is 11.2. The number of nitrogens with two attached hydrogens (primary N) is 1. The lowest BCUT2D eigenvalue weighted by Gasteiger charge is -2.12. The Balaban J connectivity index is 3.56. The van der Waals surface area contributed by atoms with Gasteiger partial charge in [-0.3, -0.25) is 9.59 Å². The maximum Gasteiger partial charge on any atom is 0.417 e. The van der Waals surface area contributed by atoms with Crippen LogP contribution in [-0.4, -0.2) is 12.2 Å². The monoisotopic (exact) mass is 343 g/mol. The molecule has 0 aromatic heterocycles. The largest absolute Gasteiger partial charge is 0.417 e. The fraction of sp³-hybridized carbons (Fsp3) is 0.111. The number of amides is 1. The molecule has 0 aliphatic carbocycles. The van der Waals surface area contributed by atoms with Gasteiger partial charge in [-0.15, -0.1) is 0 Å². The van der Waals surface area contributed by atoms with Crippen LogP contribution in [0, 0.1) is 3.57 Å². The highest BCUT2D eigenvalue weighted by Gasteiger charge is 2.34. The molecule has 1 rings (SSSR count). The molecule has 0 radical (unpaired) electrons. The number of hydrogen-bond donors (Lipinski definition) is 1. The van der Waals surface area contributed by atoms with E-state index >= 15 is 0 Å². The molecule has 1 aromatic rings. The molecule has 0 fully saturated rings. The number of benzene rings is 1. The minimum atomic E-state index is -4.63. The van der Waals surface area contributed by atoms with Gasteiger partial charge in [0.25, 0.3) is 0 Å². The van der Waals surface area contributed by atoms with Gasteiger partial charge in [-0.2, -0.15) is 13.2 Å². The first-order chi connectivity index (χ1) is 7.27. The highest BCUT2D eigenvalue weighted by atomic mass is 127. The van der Waals surface area contributed by atoms with Crippen molar-refractivity contribution >= 4 is 34.8 Å². The summed E-state index contributed by atoms with van der Waals surface area (Å²) in [4.78, 5) is 21.4. The summed E-state index contributed by atoms with van der Waals surface area (Å²) >= 11 is 1.38. The second kappa shape index (κ2) is 4.40. The third-order valence-corrected chi connectivity index (χ3v) is 2.96. The first-order valence-corrected chi connectivity index (χ1v) is 5.01. The summed E-state index contributed by atoms with van der Waals surface area (Å²) < 4.78 is 37.3. The fourth-order valence-electron chi connectivity index (χ4n) is 1.10. The minimum Gasteiger partial charge on any atom is -0.366 e. The highest BCUT2D eigenvalue weighted by molar-refractivity contribution is 14.1. The van der Waals surface area contributed by atoms with Crippen molar-refractivity contribution in [3.8, 4) is 0 Å². The zero-order chi connectivity index (χ0) is 12.5. The average Bonchev–Trinajstić information content (AvgIpc) is 2.15. The maximum absolute atomic E-state index is 12.5. The Morgan fingerprint density at radius 3 is 2.31 bits per heavy atom. The lowest BCUT2D eigenvalue weighted by Crippen LogP contribution is -2.17. The van der Waals surface area contributed by atoms with E-state index in [1.165, 1.54) is 22.6 Å². The Morgan fingerprint density at radius 1 is 1.38 bits per heavy atom. The summed E-state index contributed by atoms with van der Waals surface area (Å²) in [6.45, 7) is 0. The predicted octanol–water partition coefficient (Wildman–Crippen LogP) is 2.22. The van der Waals surface area contributed by atoms with Crippen LogP contribution < -0.4 is 5.73 Å². The van der Waals surface area contributed by atoms with Gasteiger partial charge in [0.1, 0.15) is 6.29 Å². The van der Waals surface area contributed by atoms with E-state index in [0.717, 1.165) is 6.07 Å². The summed E-state index contributed by atoms with van der Waals surface area (Å²) in [5, 5.41) is 0. The van der Waals surface area contributed by atoms with Crippen LogP contribution in [0.3, 0.4) is 0 Å². The van der Waals surface area contributed by atoms with Crippen molar-refractivity contribution in [1.82, 2.24) is 0 Å². The summed E-state index contributed by atoms with van der Waals surface area (Å²) in [6.07, 6.45) is -4.39. The first-order valence-electron chi connectivity index (χ1n) is 3.93. The van der Waals surface area contributed by atoms with Gasteiger partial charge in [-0.1, -0.05) is 0 Å². The molecular weight excluding hydrogens is 338 g/mol. The number of primary amides is 1. The van der Waals surface area contributed by atoms with E-state index in [-0.39, 0.29) is 21.0 Å². The molecular formula is C9H5F3INO2. The van der Waals surface area contributed by atoms with Gasteiger partial charge >= 0.3 is 6.18 Å². The van der Waals surface area contributed by atoms with E-state index in [0.29, 0.717) is 6.07 Å². The van der Waals surface area contributed by atoms with E-state index in [1.807, 2.05) is 0 Å². The van der Waals surface area contributed by atoms with Gasteiger partial charge in [-0.25, -0.2) is 0 Å². The molecule has 86 valence electrons. The Hall–Kier alpha value is -1.12. The number of aldehydes is 1. The van der Waals surface area contributed by atoms with Crippen LogP contribution in [0.4, 0.5) is 13.2 Å². The van der Waals surface area contributed by atoms with Crippen LogP contribution in [-0.2, 0) is 6.18 Å². The Morgan fingerprint density at radius 2 is 1.94 bits per heavy atom. The molecule has 0 aliphatic heterocycles. The van der Waals surface area contributed by atoms with E-state index in [9.17, 15) is 22.8 Å². The molecule has 3 nitrogen and oxygen atoms in total. The van der Waals surface area contributed by atoms with Crippen LogP contribution in [0.1, 0.15) is 26.3 Å². The number of rotatable bonds is 2. The summed E-state index contributed by atoms with van der Waals surface area (Å²) in [5.41, 5.74) is 3.35. The van der Waals surface area contributed by atoms with Crippen LogP contribution in [0.5, 0.6) is 0 Å². The van der Waals surface area contributed by atoms with Gasteiger partial charge in [0, 0.05) is 9.13 Å². The van der Waals surface area contributed by atoms with Crippen molar-refractivity contribution in [3.05, 3.63) is 32.4 Å². The average molecular weight is 343 g/mol. The lowest BCUT2D eigenvalue weighted by atomic mass is 10.1. The fourth-order valence-corrected chi connectivity index (χ4v) is 1.98. The standard InChI is InChI=1S/C9H5F3INO2/c10-9(11,12)6-2-4(3-15)1-5(7(6)13)8(14)16/h1-3H,(H2,14,16). The van der Waals surface area contributed by atoms with Crippen molar-refractivity contribution in [2.75, 3.05) is 0 Å². The molecule has 7 heteroatoms. The third-order valence-electron chi connectivity index (χ3n) is 1.80. The second-order valence-corrected chi connectivity index (χ2v) is 3.99. The molecule has 0 atom stereocenters. The number of halogens is 4. The smallest absolute Gasteiger partial charge is 0.366 e. The molecule has 0 spiro atoms. The minimum absolute atomic E-state index is 0.234. The molecule has 1 aromatic carbocycles. The SMILES string of the molecule is NC(=O)c1cc(C=O)cc(C(F)(F)F)c1I. The quantitative estimate of drug-likeness (QED) is 0.661. The van der Waals surface area contributed by atoms with E-state index in [1.54, 1.807) is 0 Å². The summed E-state index contributed by atoms with van der Waals surface area (Å²) in [7, 11) is 0. The van der Waals surface area contributed by atoms with Crippen molar-refractivity contribution in [2.45, 2.75) is 6.18 Å². The molecule has 0 heterocycles. The van der Waals surface area contributed by atoms with E-state index in [2.05, 4.69) is 0 Å².